The molecule has 0 saturated carbocycles. The monoisotopic (exact) mass is 393 g/mol. The predicted octanol–water partition coefficient (Wildman–Crippen LogP) is 6.03. The Kier molecular flexibility index (Phi) is 5.44. The highest BCUT2D eigenvalue weighted by Crippen LogP contribution is 2.36. The summed E-state index contributed by atoms with van der Waals surface area (Å²) in [7, 11) is 1.61. The summed E-state index contributed by atoms with van der Waals surface area (Å²) in [5.41, 5.74) is 1.77. The van der Waals surface area contributed by atoms with Gasteiger partial charge in [-0.05, 0) is 51.8 Å². The van der Waals surface area contributed by atoms with Gasteiger partial charge in [-0.1, -0.05) is 34.8 Å². The zero-order valence-corrected chi connectivity index (χ0v) is 14.4. The Bertz CT molecular complexity index is 614. The van der Waals surface area contributed by atoms with Crippen LogP contribution < -0.4 is 10.1 Å². The molecule has 6 heteroatoms. The fourth-order valence-corrected chi connectivity index (χ4v) is 3.35. The van der Waals surface area contributed by atoms with Gasteiger partial charge in [-0.25, -0.2) is 0 Å². The number of anilines is 1. The standard InChI is InChI=1S/C14H11BrCl3NO/c1-20-14-12(15)5-11(18)6-13(14)19-7-8-2-9(16)4-10(17)3-8/h2-6,19H,7H2,1H3. The molecule has 2 nitrogen and oxygen atoms in total. The molecule has 2 rings (SSSR count). The van der Waals surface area contributed by atoms with Crippen molar-refractivity contribution in [3.8, 4) is 5.75 Å². The normalized spacial score (nSPS) is 10.4. The Labute approximate surface area is 141 Å². The topological polar surface area (TPSA) is 21.3 Å². The smallest absolute Gasteiger partial charge is 0.156 e. The Morgan fingerprint density at radius 2 is 1.60 bits per heavy atom. The van der Waals surface area contributed by atoms with E-state index in [1.54, 1.807) is 25.3 Å². The molecule has 0 spiro atoms. The molecule has 1 N–H and O–H groups in total. The summed E-state index contributed by atoms with van der Waals surface area (Å²) in [6, 6.07) is 8.99. The van der Waals surface area contributed by atoms with Crippen LogP contribution in [-0.4, -0.2) is 7.11 Å². The number of methoxy groups -OCH3 is 1. The van der Waals surface area contributed by atoms with Crippen molar-refractivity contribution in [1.82, 2.24) is 0 Å². The molecule has 0 aliphatic heterocycles. The van der Waals surface area contributed by atoms with Crippen LogP contribution in [0.25, 0.3) is 0 Å². The first-order valence-corrected chi connectivity index (χ1v) is 7.64. The van der Waals surface area contributed by atoms with Gasteiger partial charge in [0.15, 0.2) is 5.75 Å². The van der Waals surface area contributed by atoms with E-state index < -0.39 is 0 Å². The average molecular weight is 396 g/mol. The first-order valence-electron chi connectivity index (χ1n) is 5.71. The van der Waals surface area contributed by atoms with E-state index in [0.29, 0.717) is 27.4 Å². The molecule has 0 bridgehead atoms. The van der Waals surface area contributed by atoms with E-state index in [0.717, 1.165) is 15.7 Å². The van der Waals surface area contributed by atoms with Gasteiger partial charge in [0.2, 0.25) is 0 Å². The minimum atomic E-state index is 0.559. The summed E-state index contributed by atoms with van der Waals surface area (Å²) in [5.74, 6) is 0.697. The van der Waals surface area contributed by atoms with Crippen molar-refractivity contribution in [3.05, 3.63) is 55.4 Å². The largest absolute Gasteiger partial charge is 0.493 e. The lowest BCUT2D eigenvalue weighted by Crippen LogP contribution is -2.02. The molecule has 0 aliphatic carbocycles. The summed E-state index contributed by atoms with van der Waals surface area (Å²) in [4.78, 5) is 0. The van der Waals surface area contributed by atoms with Crippen molar-refractivity contribution in [2.45, 2.75) is 6.54 Å². The number of hydrogen-bond acceptors (Lipinski definition) is 2. The van der Waals surface area contributed by atoms with E-state index in [9.17, 15) is 0 Å². The van der Waals surface area contributed by atoms with Crippen molar-refractivity contribution < 1.29 is 4.74 Å². The summed E-state index contributed by atoms with van der Waals surface area (Å²) in [5, 5.41) is 5.09. The molecule has 0 heterocycles. The number of rotatable bonds is 4. The van der Waals surface area contributed by atoms with Crippen molar-refractivity contribution >= 4 is 56.4 Å². The molecule has 2 aromatic carbocycles. The molecule has 106 valence electrons. The van der Waals surface area contributed by atoms with Crippen LogP contribution >= 0.6 is 50.7 Å². The Morgan fingerprint density at radius 3 is 2.20 bits per heavy atom. The van der Waals surface area contributed by atoms with Crippen LogP contribution in [-0.2, 0) is 6.54 Å². The molecule has 0 aromatic heterocycles. The summed E-state index contributed by atoms with van der Waals surface area (Å²) < 4.78 is 6.14. The maximum absolute atomic E-state index is 6.04. The first kappa shape index (κ1) is 15.8. The molecule has 0 amide bonds. The van der Waals surface area contributed by atoms with Crippen LogP contribution in [0.3, 0.4) is 0 Å². The van der Waals surface area contributed by atoms with Crippen LogP contribution in [0, 0.1) is 0 Å². The van der Waals surface area contributed by atoms with Crippen molar-refractivity contribution in [3.63, 3.8) is 0 Å². The Morgan fingerprint density at radius 1 is 1.00 bits per heavy atom. The fraction of sp³-hybridized carbons (Fsp3) is 0.143. The molecular formula is C14H11BrCl3NO. The Hall–Kier alpha value is -0.610. The van der Waals surface area contributed by atoms with Gasteiger partial charge in [0.25, 0.3) is 0 Å². The number of halogens is 4. The van der Waals surface area contributed by atoms with Gasteiger partial charge in [0.05, 0.1) is 17.3 Å². The van der Waals surface area contributed by atoms with Gasteiger partial charge in [-0.2, -0.15) is 0 Å². The third kappa shape index (κ3) is 3.95. The van der Waals surface area contributed by atoms with Gasteiger partial charge in [0.1, 0.15) is 0 Å². The van der Waals surface area contributed by atoms with Gasteiger partial charge < -0.3 is 10.1 Å². The van der Waals surface area contributed by atoms with Gasteiger partial charge in [-0.15, -0.1) is 0 Å². The predicted molar refractivity (Wildman–Crippen MR) is 89.5 cm³/mol. The van der Waals surface area contributed by atoms with E-state index in [-0.39, 0.29) is 0 Å². The van der Waals surface area contributed by atoms with Gasteiger partial charge in [-0.3, -0.25) is 0 Å². The van der Waals surface area contributed by atoms with Crippen LogP contribution in [0.15, 0.2) is 34.8 Å². The highest BCUT2D eigenvalue weighted by molar-refractivity contribution is 9.10. The van der Waals surface area contributed by atoms with Gasteiger partial charge in [0, 0.05) is 21.6 Å². The van der Waals surface area contributed by atoms with Crippen LogP contribution in [0.1, 0.15) is 5.56 Å². The third-order valence-electron chi connectivity index (χ3n) is 2.62. The highest BCUT2D eigenvalue weighted by Gasteiger charge is 2.09. The third-order valence-corrected chi connectivity index (χ3v) is 3.86. The molecule has 20 heavy (non-hydrogen) atoms. The van der Waals surface area contributed by atoms with Crippen molar-refractivity contribution in [1.29, 1.82) is 0 Å². The van der Waals surface area contributed by atoms with Gasteiger partial charge >= 0.3 is 0 Å². The molecule has 0 aliphatic rings. The van der Waals surface area contributed by atoms with E-state index in [1.165, 1.54) is 0 Å². The maximum Gasteiger partial charge on any atom is 0.156 e. The number of hydrogen-bond donors (Lipinski definition) is 1. The van der Waals surface area contributed by atoms with E-state index in [1.807, 2.05) is 12.1 Å². The second kappa shape index (κ2) is 6.90. The van der Waals surface area contributed by atoms with E-state index in [2.05, 4.69) is 21.2 Å². The molecule has 0 unspecified atom stereocenters. The van der Waals surface area contributed by atoms with Crippen molar-refractivity contribution in [2.75, 3.05) is 12.4 Å². The second-order valence-electron chi connectivity index (χ2n) is 4.10. The second-order valence-corrected chi connectivity index (χ2v) is 6.26. The SMILES string of the molecule is COc1c(Br)cc(Cl)cc1NCc1cc(Cl)cc(Cl)c1. The summed E-state index contributed by atoms with van der Waals surface area (Å²) >= 11 is 21.4. The fourth-order valence-electron chi connectivity index (χ4n) is 1.81. The van der Waals surface area contributed by atoms with E-state index >= 15 is 0 Å². The minimum absolute atomic E-state index is 0.559. The lowest BCUT2D eigenvalue weighted by Gasteiger charge is -2.13. The Balaban J connectivity index is 2.22. The van der Waals surface area contributed by atoms with E-state index in [4.69, 9.17) is 39.5 Å². The molecule has 2 aromatic rings. The maximum atomic E-state index is 6.04. The van der Waals surface area contributed by atoms with Crippen LogP contribution in [0.2, 0.25) is 15.1 Å². The molecule has 0 atom stereocenters. The lowest BCUT2D eigenvalue weighted by atomic mass is 10.2. The van der Waals surface area contributed by atoms with Crippen molar-refractivity contribution in [2.24, 2.45) is 0 Å². The lowest BCUT2D eigenvalue weighted by molar-refractivity contribution is 0.414. The number of benzene rings is 2. The van der Waals surface area contributed by atoms with Crippen LogP contribution in [0.5, 0.6) is 5.75 Å². The molecule has 0 saturated heterocycles. The number of nitrogens with one attached hydrogen (secondary N) is 1. The zero-order valence-electron chi connectivity index (χ0n) is 10.5. The molecular weight excluding hydrogens is 384 g/mol. The minimum Gasteiger partial charge on any atom is -0.493 e. The summed E-state index contributed by atoms with van der Waals surface area (Å²) in [6.45, 7) is 0.559. The average Bonchev–Trinajstić information content (AvgIpc) is 2.34. The van der Waals surface area contributed by atoms with Crippen LogP contribution in [0.4, 0.5) is 5.69 Å². The summed E-state index contributed by atoms with van der Waals surface area (Å²) in [6.07, 6.45) is 0. The quantitative estimate of drug-likeness (QED) is 0.682. The first-order chi connectivity index (χ1) is 9.49. The molecule has 0 radical (unpaired) electrons. The highest BCUT2D eigenvalue weighted by atomic mass is 79.9. The molecule has 0 fully saturated rings. The zero-order chi connectivity index (χ0) is 14.7. The number of ether oxygens (including phenoxy) is 1.